The van der Waals surface area contributed by atoms with Gasteiger partial charge in [0.1, 0.15) is 0 Å². The molecule has 0 N–H and O–H groups in total. The van der Waals surface area contributed by atoms with E-state index in [1.54, 1.807) is 0 Å². The molecule has 0 spiro atoms. The van der Waals surface area contributed by atoms with Crippen LogP contribution in [0.15, 0.2) is 0 Å². The predicted molar refractivity (Wildman–Crippen MR) is 64.1 cm³/mol. The van der Waals surface area contributed by atoms with E-state index in [-0.39, 0.29) is 20.4 Å². The molecule has 0 atom stereocenters. The van der Waals surface area contributed by atoms with Crippen molar-refractivity contribution in [3.05, 3.63) is 0 Å². The van der Waals surface area contributed by atoms with Gasteiger partial charge in [0.05, 0.1) is 0 Å². The minimum absolute atomic E-state index is 0.379. The SMILES string of the molecule is CN(C)S1(C)CS(C)(N(C)C)C1. The molecule has 1 aliphatic heterocycles. The second-order valence-electron chi connectivity index (χ2n) is 4.30. The molecule has 2 nitrogen and oxygen atoms in total. The average molecular weight is 210 g/mol. The van der Waals surface area contributed by atoms with Crippen molar-refractivity contribution < 1.29 is 0 Å². The van der Waals surface area contributed by atoms with Crippen LogP contribution in [0.1, 0.15) is 0 Å². The number of rotatable bonds is 2. The van der Waals surface area contributed by atoms with Crippen LogP contribution in [0.25, 0.3) is 0 Å². The van der Waals surface area contributed by atoms with Gasteiger partial charge in [0.25, 0.3) is 0 Å². The first-order valence-electron chi connectivity index (χ1n) is 4.13. The lowest BCUT2D eigenvalue weighted by Crippen LogP contribution is -2.43. The Hall–Kier alpha value is 0.620. The maximum absolute atomic E-state index is 2.45. The molecule has 1 aliphatic rings. The van der Waals surface area contributed by atoms with Gasteiger partial charge in [0, 0.05) is 10.2 Å². The van der Waals surface area contributed by atoms with Crippen LogP contribution in [0.4, 0.5) is 0 Å². The monoisotopic (exact) mass is 210 g/mol. The molecular weight excluding hydrogens is 188 g/mol. The van der Waals surface area contributed by atoms with Crippen LogP contribution in [0, 0.1) is 0 Å². The fourth-order valence-electron chi connectivity index (χ4n) is 1.48. The first kappa shape index (κ1) is 10.7. The first-order valence-corrected chi connectivity index (χ1v) is 8.80. The third-order valence-corrected chi connectivity index (χ3v) is 14.4. The smallest absolute Gasteiger partial charge is 0.0320 e. The molecule has 4 heteroatoms. The maximum Gasteiger partial charge on any atom is 0.0320 e. The molecule has 0 bridgehead atoms. The summed E-state index contributed by atoms with van der Waals surface area (Å²) in [6.07, 6.45) is 4.90. The molecule has 1 saturated heterocycles. The predicted octanol–water partition coefficient (Wildman–Crippen LogP) is 1.74. The highest BCUT2D eigenvalue weighted by Gasteiger charge is 2.44. The Morgan fingerprint density at radius 1 is 0.750 bits per heavy atom. The van der Waals surface area contributed by atoms with Crippen LogP contribution < -0.4 is 0 Å². The number of hydrogen-bond acceptors (Lipinski definition) is 2. The van der Waals surface area contributed by atoms with Crippen molar-refractivity contribution in [1.82, 2.24) is 8.61 Å². The second kappa shape index (κ2) is 3.08. The molecule has 0 unspecified atom stereocenters. The van der Waals surface area contributed by atoms with Gasteiger partial charge >= 0.3 is 0 Å². The Morgan fingerprint density at radius 2 is 1.00 bits per heavy atom. The molecule has 0 radical (unpaired) electrons. The lowest BCUT2D eigenvalue weighted by molar-refractivity contribution is 0.663. The molecule has 0 aromatic heterocycles. The molecule has 0 aromatic rings. The Kier molecular flexibility index (Phi) is 2.75. The molecule has 0 saturated carbocycles. The fourth-order valence-corrected chi connectivity index (χ4v) is 13.3. The Balaban J connectivity index is 2.56. The molecular formula is C8H22N2S2. The highest BCUT2D eigenvalue weighted by molar-refractivity contribution is 8.60. The van der Waals surface area contributed by atoms with E-state index in [0.29, 0.717) is 0 Å². The van der Waals surface area contributed by atoms with Crippen LogP contribution in [-0.4, -0.2) is 59.5 Å². The van der Waals surface area contributed by atoms with Gasteiger partial charge in [-0.2, -0.15) is 20.4 Å². The lowest BCUT2D eigenvalue weighted by Gasteiger charge is -2.65. The minimum atomic E-state index is -0.379. The summed E-state index contributed by atoms with van der Waals surface area (Å²) in [5, 5.41) is 2.89. The van der Waals surface area contributed by atoms with Crippen molar-refractivity contribution in [3.8, 4) is 0 Å². The second-order valence-corrected chi connectivity index (χ2v) is 12.5. The minimum Gasteiger partial charge on any atom is -0.272 e. The van der Waals surface area contributed by atoms with Crippen LogP contribution in [0.3, 0.4) is 0 Å². The van der Waals surface area contributed by atoms with Crippen LogP contribution in [-0.2, 0) is 0 Å². The van der Waals surface area contributed by atoms with E-state index in [0.717, 1.165) is 0 Å². The third-order valence-electron chi connectivity index (χ3n) is 2.78. The van der Waals surface area contributed by atoms with Crippen molar-refractivity contribution in [1.29, 1.82) is 0 Å². The summed E-state index contributed by atoms with van der Waals surface area (Å²) < 4.78 is 4.90. The number of nitrogens with zero attached hydrogens (tertiary/aromatic N) is 2. The normalized spacial score (nSPS) is 52.7. The molecule has 0 amide bonds. The molecule has 1 rings (SSSR count). The summed E-state index contributed by atoms with van der Waals surface area (Å²) in [7, 11) is 8.15. The van der Waals surface area contributed by atoms with Crippen molar-refractivity contribution >= 4 is 20.4 Å². The van der Waals surface area contributed by atoms with E-state index in [1.807, 2.05) is 0 Å². The summed E-state index contributed by atoms with van der Waals surface area (Å²) in [5.41, 5.74) is 0. The molecule has 1 heterocycles. The van der Waals surface area contributed by atoms with E-state index in [4.69, 9.17) is 0 Å². The van der Waals surface area contributed by atoms with Crippen LogP contribution in [0.5, 0.6) is 0 Å². The zero-order chi connectivity index (χ0) is 9.57. The largest absolute Gasteiger partial charge is 0.272 e. The standard InChI is InChI=1S/C8H22N2S2/c1-9(2)11(5)7-12(6,8-11)10(3)4/h7-8H2,1-6H3. The van der Waals surface area contributed by atoms with Crippen molar-refractivity contribution in [3.63, 3.8) is 0 Å². The van der Waals surface area contributed by atoms with Crippen LogP contribution >= 0.6 is 20.4 Å². The van der Waals surface area contributed by atoms with Crippen molar-refractivity contribution in [2.75, 3.05) is 50.9 Å². The summed E-state index contributed by atoms with van der Waals surface area (Å²) in [5.74, 6) is 0. The molecule has 12 heavy (non-hydrogen) atoms. The van der Waals surface area contributed by atoms with E-state index >= 15 is 0 Å². The summed E-state index contributed by atoms with van der Waals surface area (Å²) >= 11 is 0. The topological polar surface area (TPSA) is 6.48 Å². The van der Waals surface area contributed by atoms with E-state index < -0.39 is 0 Å². The number of hydrogen-bond donors (Lipinski definition) is 0. The maximum atomic E-state index is 2.45. The highest BCUT2D eigenvalue weighted by Crippen LogP contribution is 2.76. The van der Waals surface area contributed by atoms with Gasteiger partial charge in [-0.1, -0.05) is 0 Å². The quantitative estimate of drug-likeness (QED) is 0.685. The van der Waals surface area contributed by atoms with Gasteiger partial charge in [0.2, 0.25) is 0 Å². The Morgan fingerprint density at radius 3 is 1.17 bits per heavy atom. The van der Waals surface area contributed by atoms with Gasteiger partial charge in [-0.3, -0.25) is 8.61 Å². The molecule has 0 aliphatic carbocycles. The Labute approximate surface area is 80.2 Å². The summed E-state index contributed by atoms with van der Waals surface area (Å²) in [4.78, 5) is 0. The van der Waals surface area contributed by atoms with Crippen molar-refractivity contribution in [2.45, 2.75) is 0 Å². The van der Waals surface area contributed by atoms with Gasteiger partial charge in [0.15, 0.2) is 0 Å². The summed E-state index contributed by atoms with van der Waals surface area (Å²) in [6, 6.07) is 0. The van der Waals surface area contributed by atoms with E-state index in [9.17, 15) is 0 Å². The molecule has 76 valence electrons. The third kappa shape index (κ3) is 1.62. The summed E-state index contributed by atoms with van der Waals surface area (Å²) in [6.45, 7) is 0. The van der Waals surface area contributed by atoms with Gasteiger partial charge in [-0.15, -0.1) is 0 Å². The fraction of sp³-hybridized carbons (Fsp3) is 1.00. The molecule has 1 fully saturated rings. The van der Waals surface area contributed by atoms with Crippen molar-refractivity contribution in [2.24, 2.45) is 0 Å². The van der Waals surface area contributed by atoms with Crippen LogP contribution in [0.2, 0.25) is 0 Å². The highest BCUT2D eigenvalue weighted by atomic mass is 32.4. The zero-order valence-corrected chi connectivity index (χ0v) is 10.8. The Bertz CT molecular complexity index is 156. The van der Waals surface area contributed by atoms with E-state index in [1.165, 1.54) is 10.2 Å². The van der Waals surface area contributed by atoms with Gasteiger partial charge in [-0.05, 0) is 40.7 Å². The molecule has 0 aromatic carbocycles. The average Bonchev–Trinajstić information content (AvgIpc) is 1.83. The van der Waals surface area contributed by atoms with Gasteiger partial charge < -0.3 is 0 Å². The zero-order valence-electron chi connectivity index (χ0n) is 9.13. The lowest BCUT2D eigenvalue weighted by atomic mass is 11.3. The van der Waals surface area contributed by atoms with E-state index in [2.05, 4.69) is 49.3 Å². The van der Waals surface area contributed by atoms with Gasteiger partial charge in [-0.25, -0.2) is 0 Å². The first-order chi connectivity index (χ1) is 5.30.